The van der Waals surface area contributed by atoms with E-state index >= 15 is 0 Å². The number of hydrogen-bond donors (Lipinski definition) is 0. The molecule has 0 nitrogen and oxygen atoms in total. The van der Waals surface area contributed by atoms with Crippen molar-refractivity contribution < 1.29 is 0 Å². The van der Waals surface area contributed by atoms with Gasteiger partial charge in [0.2, 0.25) is 0 Å². The molecular weight excluding hydrogens is 664 g/mol. The van der Waals surface area contributed by atoms with Gasteiger partial charge in [-0.15, -0.1) is 0 Å². The van der Waals surface area contributed by atoms with Crippen LogP contribution in [0.3, 0.4) is 0 Å². The molecule has 0 aromatic carbocycles. The first-order valence-electron chi connectivity index (χ1n) is 11.1. The molecule has 0 spiro atoms. The van der Waals surface area contributed by atoms with Gasteiger partial charge in [0, 0.05) is 0 Å². The van der Waals surface area contributed by atoms with Crippen LogP contribution < -0.4 is 0 Å². The van der Waals surface area contributed by atoms with Crippen LogP contribution in [0.1, 0.15) is 0 Å². The van der Waals surface area contributed by atoms with Gasteiger partial charge < -0.3 is 0 Å². The first-order chi connectivity index (χ1) is 11.7. The van der Waals surface area contributed by atoms with E-state index in [1.165, 1.54) is 0 Å². The summed E-state index contributed by atoms with van der Waals surface area (Å²) < 4.78 is 1.79. The molecule has 0 unspecified atom stereocenters. The topological polar surface area (TPSA) is 0 Å². The van der Waals surface area contributed by atoms with Crippen LogP contribution >= 0.6 is 0 Å². The summed E-state index contributed by atoms with van der Waals surface area (Å²) in [5.74, 6) is 0. The molecule has 0 aromatic rings. The molecular formula is C20H54Si6Te2. The Kier molecular flexibility index (Phi) is 9.83. The number of hydrogen-bond acceptors (Lipinski definition) is 0. The van der Waals surface area contributed by atoms with Crippen LogP contribution in [0.25, 0.3) is 0 Å². The minimum absolute atomic E-state index is 0.0903. The van der Waals surface area contributed by atoms with Gasteiger partial charge in [0.05, 0.1) is 0 Å². The van der Waals surface area contributed by atoms with E-state index in [0.29, 0.717) is 0 Å². The third kappa shape index (κ3) is 5.50. The molecule has 28 heavy (non-hydrogen) atoms. The van der Waals surface area contributed by atoms with Crippen molar-refractivity contribution in [3.8, 4) is 0 Å². The van der Waals surface area contributed by atoms with Crippen LogP contribution in [-0.2, 0) is 0 Å². The molecule has 0 N–H and O–H groups in total. The monoisotopic (exact) mass is 722 g/mol. The molecule has 0 rings (SSSR count). The van der Waals surface area contributed by atoms with Crippen LogP contribution in [-0.4, -0.2) is 82.6 Å². The summed E-state index contributed by atoms with van der Waals surface area (Å²) in [6, 6.07) is 0. The summed E-state index contributed by atoms with van der Waals surface area (Å²) in [6.45, 7) is 50.0. The fourth-order valence-electron chi connectivity index (χ4n) is 7.62. The zero-order chi connectivity index (χ0) is 23.4. The third-order valence-electron chi connectivity index (χ3n) is 6.63. The molecule has 0 saturated carbocycles. The molecule has 0 bridgehead atoms. The van der Waals surface area contributed by atoms with E-state index in [2.05, 4.69) is 118 Å². The van der Waals surface area contributed by atoms with E-state index in [0.717, 1.165) is 4.67 Å². The summed E-state index contributed by atoms with van der Waals surface area (Å²) >= 11 is 0.181. The van der Waals surface area contributed by atoms with Gasteiger partial charge in [0.1, 0.15) is 0 Å². The molecule has 0 aliphatic rings. The van der Waals surface area contributed by atoms with Crippen molar-refractivity contribution >= 4 is 82.6 Å². The Morgan fingerprint density at radius 2 is 0.393 bits per heavy atom. The molecule has 0 amide bonds. The zero-order valence-electron chi connectivity index (χ0n) is 22.8. The Morgan fingerprint density at radius 1 is 0.286 bits per heavy atom. The Hall–Kier alpha value is 2.88. The Labute approximate surface area is 203 Å². The Bertz CT molecular complexity index is 412. The van der Waals surface area contributed by atoms with Crippen molar-refractivity contribution in [2.45, 2.75) is 123 Å². The second kappa shape index (κ2) is 8.91. The van der Waals surface area contributed by atoms with Gasteiger partial charge in [-0.05, 0) is 0 Å². The van der Waals surface area contributed by atoms with Gasteiger partial charge in [-0.25, -0.2) is 0 Å². The molecule has 0 radical (unpaired) electrons. The van der Waals surface area contributed by atoms with Gasteiger partial charge in [-0.3, -0.25) is 0 Å². The Morgan fingerprint density at radius 3 is 0.464 bits per heavy atom. The van der Waals surface area contributed by atoms with E-state index in [-0.39, 0.29) is 34.1 Å². The standard InChI is InChI=1S/C20H54Si6Te2/c1-21(2,3)19(22(4,5)6,23(7,8)9)27-28-20(24(10,11)12,25(13,14)15)26(16,17)18/h1-18H3. The van der Waals surface area contributed by atoms with Crippen molar-refractivity contribution in [2.75, 3.05) is 0 Å². The van der Waals surface area contributed by atoms with Gasteiger partial charge >= 0.3 is 205 Å². The van der Waals surface area contributed by atoms with Gasteiger partial charge in [0.15, 0.2) is 0 Å². The Balaban J connectivity index is 6.89. The molecule has 0 aliphatic heterocycles. The summed E-state index contributed by atoms with van der Waals surface area (Å²) in [4.78, 5) is 0. The fraction of sp³-hybridized carbons (Fsp3) is 1.00. The second-order valence-corrected chi connectivity index (χ2v) is 67.1. The predicted molar refractivity (Wildman–Crippen MR) is 157 cm³/mol. The molecule has 170 valence electrons. The summed E-state index contributed by atoms with van der Waals surface area (Å²) in [5.41, 5.74) is 0. The summed E-state index contributed by atoms with van der Waals surface area (Å²) in [5, 5.41) is 0. The first kappa shape index (κ1) is 30.9. The molecule has 0 aliphatic carbocycles. The quantitative estimate of drug-likeness (QED) is 0.213. The number of rotatable bonds is 9. The van der Waals surface area contributed by atoms with Crippen LogP contribution in [0.2, 0.25) is 123 Å². The van der Waals surface area contributed by atoms with Crippen molar-refractivity contribution in [2.24, 2.45) is 0 Å². The normalized spacial score (nSPS) is 16.5. The average Bonchev–Trinajstić information content (AvgIpc) is 2.23. The van der Waals surface area contributed by atoms with Gasteiger partial charge in [-0.2, -0.15) is 0 Å². The minimum atomic E-state index is -1.22. The van der Waals surface area contributed by atoms with Gasteiger partial charge in [-0.1, -0.05) is 0 Å². The molecule has 8 heteroatoms. The maximum atomic E-state index is 2.78. The summed E-state index contributed by atoms with van der Waals surface area (Å²) in [6.07, 6.45) is 0. The van der Waals surface area contributed by atoms with E-state index in [1.54, 1.807) is 0 Å². The van der Waals surface area contributed by atoms with Crippen LogP contribution in [0.15, 0.2) is 0 Å². The van der Waals surface area contributed by atoms with E-state index in [4.69, 9.17) is 0 Å². The predicted octanol–water partition coefficient (Wildman–Crippen LogP) is 7.89. The molecule has 0 saturated heterocycles. The van der Waals surface area contributed by atoms with E-state index < -0.39 is 48.4 Å². The molecule has 0 fully saturated rings. The van der Waals surface area contributed by atoms with Crippen molar-refractivity contribution in [3.05, 3.63) is 0 Å². The molecule has 0 aromatic heterocycles. The zero-order valence-corrected chi connectivity index (χ0v) is 33.5. The van der Waals surface area contributed by atoms with Crippen molar-refractivity contribution in [1.29, 1.82) is 0 Å². The average molecular weight is 718 g/mol. The fourth-order valence-corrected chi connectivity index (χ4v) is 179. The van der Waals surface area contributed by atoms with Crippen molar-refractivity contribution in [3.63, 3.8) is 0 Å². The second-order valence-electron chi connectivity index (χ2n) is 15.0. The SMILES string of the molecule is C[Si](C)(C)C([Te][Te]C([Si](C)(C)C)([Si](C)(C)C)[Si](C)(C)C)([Si](C)(C)C)[Si](C)(C)C. The van der Waals surface area contributed by atoms with Gasteiger partial charge in [0.25, 0.3) is 0 Å². The molecule has 0 atom stereocenters. The van der Waals surface area contributed by atoms with Crippen LogP contribution in [0, 0.1) is 0 Å². The van der Waals surface area contributed by atoms with E-state index in [1.807, 2.05) is 0 Å². The molecule has 0 heterocycles. The van der Waals surface area contributed by atoms with E-state index in [9.17, 15) is 0 Å². The first-order valence-corrected chi connectivity index (χ1v) is 41.7. The van der Waals surface area contributed by atoms with Crippen LogP contribution in [0.5, 0.6) is 0 Å². The summed E-state index contributed by atoms with van der Waals surface area (Å²) in [7, 11) is -7.35. The van der Waals surface area contributed by atoms with Crippen molar-refractivity contribution in [1.82, 2.24) is 0 Å². The van der Waals surface area contributed by atoms with Crippen LogP contribution in [0.4, 0.5) is 0 Å². The maximum absolute atomic E-state index is 2.78. The third-order valence-corrected chi connectivity index (χ3v) is 113.